The van der Waals surface area contributed by atoms with Crippen molar-refractivity contribution in [3.05, 3.63) is 205 Å². The van der Waals surface area contributed by atoms with Gasteiger partial charge in [-0.15, -0.1) is 0 Å². The highest BCUT2D eigenvalue weighted by Crippen LogP contribution is 2.47. The molecule has 60 heavy (non-hydrogen) atoms. The van der Waals surface area contributed by atoms with Crippen molar-refractivity contribution in [2.75, 3.05) is 0 Å². The van der Waals surface area contributed by atoms with Crippen LogP contribution in [0.3, 0.4) is 0 Å². The van der Waals surface area contributed by atoms with Crippen molar-refractivity contribution < 1.29 is 0 Å². The van der Waals surface area contributed by atoms with Gasteiger partial charge < -0.3 is 9.13 Å². The number of benzene rings is 8. The molecule has 0 aliphatic heterocycles. The van der Waals surface area contributed by atoms with Gasteiger partial charge >= 0.3 is 0 Å². The normalized spacial score (nSPS) is 11.3. The van der Waals surface area contributed by atoms with Gasteiger partial charge in [-0.3, -0.25) is 0 Å². The monoisotopic (exact) mass is 764 g/mol. The number of hydrogen-bond donors (Lipinski definition) is 0. The summed E-state index contributed by atoms with van der Waals surface area (Å²) in [5.41, 5.74) is 12.2. The highest BCUT2D eigenvalue weighted by molar-refractivity contribution is 6.29. The topological polar surface area (TPSA) is 83.2 Å². The van der Waals surface area contributed by atoms with Crippen molar-refractivity contribution in [3.8, 4) is 68.5 Å². The fourth-order valence-electron chi connectivity index (χ4n) is 8.82. The first-order valence-corrected chi connectivity index (χ1v) is 19.8. The zero-order chi connectivity index (χ0) is 40.2. The minimum absolute atomic E-state index is 0.347. The molecule has 0 N–H and O–H groups in total. The molecule has 11 aromatic rings. The Morgan fingerprint density at radius 1 is 0.400 bits per heavy atom. The smallest absolute Gasteiger partial charge is 0.160 e. The molecule has 0 saturated heterocycles. The third-order valence-electron chi connectivity index (χ3n) is 11.4. The zero-order valence-electron chi connectivity index (χ0n) is 32.2. The Hall–Kier alpha value is -8.58. The standard InChI is InChI=1S/C54H32N6/c55-33-38-31-37(51-46(34-56)50(35-17-5-1-6-18-35)57-54(58-51)36-19-7-2-8-20-36)29-30-41(38)44-32-45-42-25-13-15-27-47(42)59(39-21-9-3-10-22-39)53(45)49-43-26-14-16-28-48(43)60(52(44)49)40-23-11-4-12-24-40/h1-32H. The number of rotatable bonds is 6. The zero-order valence-corrected chi connectivity index (χ0v) is 32.2. The van der Waals surface area contributed by atoms with E-state index in [1.165, 1.54) is 0 Å². The Kier molecular flexibility index (Phi) is 8.15. The van der Waals surface area contributed by atoms with E-state index in [2.05, 4.69) is 124 Å². The number of nitriles is 2. The van der Waals surface area contributed by atoms with E-state index in [0.717, 1.165) is 77.2 Å². The molecule has 0 radical (unpaired) electrons. The van der Waals surface area contributed by atoms with Crippen LogP contribution in [0.5, 0.6) is 0 Å². The van der Waals surface area contributed by atoms with Gasteiger partial charge in [-0.05, 0) is 48.5 Å². The molecule has 0 atom stereocenters. The van der Waals surface area contributed by atoms with Crippen LogP contribution in [0.15, 0.2) is 194 Å². The minimum Gasteiger partial charge on any atom is -0.309 e. The molecule has 0 spiro atoms. The summed E-state index contributed by atoms with van der Waals surface area (Å²) in [6.45, 7) is 0. The van der Waals surface area contributed by atoms with Crippen LogP contribution in [0.1, 0.15) is 11.1 Å². The molecule has 11 rings (SSSR count). The second-order valence-electron chi connectivity index (χ2n) is 14.8. The minimum atomic E-state index is 0.347. The van der Waals surface area contributed by atoms with Gasteiger partial charge in [0.05, 0.1) is 45.1 Å². The van der Waals surface area contributed by atoms with Crippen LogP contribution in [0, 0.1) is 22.7 Å². The summed E-state index contributed by atoms with van der Waals surface area (Å²) in [5.74, 6) is 0.500. The maximum absolute atomic E-state index is 11.1. The van der Waals surface area contributed by atoms with E-state index in [1.807, 2.05) is 91.0 Å². The Morgan fingerprint density at radius 2 is 0.917 bits per heavy atom. The summed E-state index contributed by atoms with van der Waals surface area (Å²) in [6, 6.07) is 70.7. The van der Waals surface area contributed by atoms with E-state index >= 15 is 0 Å². The third kappa shape index (κ3) is 5.40. The Labute approximate surface area is 345 Å². The predicted molar refractivity (Wildman–Crippen MR) is 242 cm³/mol. The second-order valence-corrected chi connectivity index (χ2v) is 14.8. The third-order valence-corrected chi connectivity index (χ3v) is 11.4. The van der Waals surface area contributed by atoms with Crippen molar-refractivity contribution in [2.24, 2.45) is 0 Å². The number of fused-ring (bicyclic) bond motifs is 7. The Morgan fingerprint density at radius 3 is 1.53 bits per heavy atom. The van der Waals surface area contributed by atoms with Crippen molar-refractivity contribution in [2.45, 2.75) is 0 Å². The molecule has 0 unspecified atom stereocenters. The molecule has 6 nitrogen and oxygen atoms in total. The summed E-state index contributed by atoms with van der Waals surface area (Å²) >= 11 is 0. The largest absolute Gasteiger partial charge is 0.309 e. The van der Waals surface area contributed by atoms with E-state index in [0.29, 0.717) is 33.9 Å². The van der Waals surface area contributed by atoms with Gasteiger partial charge in [-0.25, -0.2) is 9.97 Å². The average molecular weight is 765 g/mol. The Bertz CT molecular complexity index is 3540. The van der Waals surface area contributed by atoms with Crippen molar-refractivity contribution in [1.29, 1.82) is 10.5 Å². The number of nitrogens with zero attached hydrogens (tertiary/aromatic N) is 6. The summed E-state index contributed by atoms with van der Waals surface area (Å²) in [7, 11) is 0. The fourth-order valence-corrected chi connectivity index (χ4v) is 8.82. The Balaban J connectivity index is 1.25. The van der Waals surface area contributed by atoms with Crippen LogP contribution in [0.25, 0.3) is 100 Å². The van der Waals surface area contributed by atoms with Crippen LogP contribution >= 0.6 is 0 Å². The molecule has 0 aliphatic carbocycles. The molecular formula is C54H32N6. The van der Waals surface area contributed by atoms with Crippen LogP contribution in [0.4, 0.5) is 0 Å². The summed E-state index contributed by atoms with van der Waals surface area (Å²) in [6.07, 6.45) is 0. The molecule has 0 bridgehead atoms. The first-order chi connectivity index (χ1) is 29.7. The van der Waals surface area contributed by atoms with E-state index in [-0.39, 0.29) is 0 Å². The van der Waals surface area contributed by atoms with Crippen molar-refractivity contribution >= 4 is 43.6 Å². The predicted octanol–water partition coefficient (Wildman–Crippen LogP) is 13.1. The maximum Gasteiger partial charge on any atom is 0.160 e. The number of aromatic nitrogens is 4. The summed E-state index contributed by atoms with van der Waals surface area (Å²) < 4.78 is 4.71. The van der Waals surface area contributed by atoms with Crippen LogP contribution in [0.2, 0.25) is 0 Å². The van der Waals surface area contributed by atoms with Crippen LogP contribution in [-0.2, 0) is 0 Å². The average Bonchev–Trinajstić information content (AvgIpc) is 3.85. The molecule has 6 heteroatoms. The van der Waals surface area contributed by atoms with Crippen molar-refractivity contribution in [3.63, 3.8) is 0 Å². The van der Waals surface area contributed by atoms with Crippen molar-refractivity contribution in [1.82, 2.24) is 19.1 Å². The molecule has 3 heterocycles. The van der Waals surface area contributed by atoms with Crippen LogP contribution < -0.4 is 0 Å². The number of para-hydroxylation sites is 4. The van der Waals surface area contributed by atoms with Gasteiger partial charge in [0, 0.05) is 60.7 Å². The van der Waals surface area contributed by atoms with Gasteiger partial charge in [-0.1, -0.05) is 146 Å². The van der Waals surface area contributed by atoms with E-state index in [4.69, 9.17) is 9.97 Å². The maximum atomic E-state index is 11.1. The lowest BCUT2D eigenvalue weighted by Crippen LogP contribution is -2.01. The van der Waals surface area contributed by atoms with E-state index < -0.39 is 0 Å². The lowest BCUT2D eigenvalue weighted by Gasteiger charge is -2.16. The highest BCUT2D eigenvalue weighted by Gasteiger charge is 2.26. The SMILES string of the molecule is N#Cc1cc(-c2nc(-c3ccccc3)nc(-c3ccccc3)c2C#N)ccc1-c1cc2c3ccccc3n(-c3ccccc3)c2c2c3ccccc3n(-c3ccccc3)c12. The van der Waals surface area contributed by atoms with E-state index in [9.17, 15) is 10.5 Å². The van der Waals surface area contributed by atoms with Crippen LogP contribution in [-0.4, -0.2) is 19.1 Å². The van der Waals surface area contributed by atoms with E-state index in [1.54, 1.807) is 0 Å². The molecule has 0 fully saturated rings. The van der Waals surface area contributed by atoms with Gasteiger partial charge in [0.1, 0.15) is 11.6 Å². The molecule has 0 aliphatic rings. The van der Waals surface area contributed by atoms with Gasteiger partial charge in [0.25, 0.3) is 0 Å². The number of hydrogen-bond acceptors (Lipinski definition) is 4. The first-order valence-electron chi connectivity index (χ1n) is 19.8. The lowest BCUT2D eigenvalue weighted by molar-refractivity contribution is 1.17. The fraction of sp³-hybridized carbons (Fsp3) is 0. The van der Waals surface area contributed by atoms with Gasteiger partial charge in [0.2, 0.25) is 0 Å². The molecule has 8 aromatic carbocycles. The first kappa shape index (κ1) is 34.7. The molecule has 278 valence electrons. The lowest BCUT2D eigenvalue weighted by atomic mass is 9.92. The van der Waals surface area contributed by atoms with Gasteiger partial charge in [-0.2, -0.15) is 10.5 Å². The molecular weight excluding hydrogens is 733 g/mol. The highest BCUT2D eigenvalue weighted by atomic mass is 15.0. The molecule has 0 amide bonds. The molecule has 0 saturated carbocycles. The summed E-state index contributed by atoms with van der Waals surface area (Å²) in [5, 5.41) is 26.3. The molecule has 3 aromatic heterocycles. The quantitative estimate of drug-likeness (QED) is 0.169. The second kappa shape index (κ2) is 14.1. The summed E-state index contributed by atoms with van der Waals surface area (Å²) in [4.78, 5) is 9.98. The van der Waals surface area contributed by atoms with Gasteiger partial charge in [0.15, 0.2) is 5.82 Å².